The van der Waals surface area contributed by atoms with E-state index in [0.717, 1.165) is 15.6 Å². The van der Waals surface area contributed by atoms with Gasteiger partial charge in [-0.15, -0.1) is 11.3 Å². The van der Waals surface area contributed by atoms with Crippen LogP contribution in [0.25, 0.3) is 0 Å². The van der Waals surface area contributed by atoms with Gasteiger partial charge in [-0.3, -0.25) is 9.59 Å². The van der Waals surface area contributed by atoms with E-state index in [9.17, 15) is 18.0 Å². The highest BCUT2D eigenvalue weighted by Gasteiger charge is 2.21. The molecular weight excluding hydrogens is 408 g/mol. The molecule has 0 fully saturated rings. The van der Waals surface area contributed by atoms with Crippen LogP contribution in [0.2, 0.25) is 0 Å². The number of rotatable bonds is 7. The van der Waals surface area contributed by atoms with Gasteiger partial charge in [0.2, 0.25) is 0 Å². The van der Waals surface area contributed by atoms with Crippen LogP contribution in [-0.4, -0.2) is 38.5 Å². The molecule has 0 aliphatic rings. The molecular formula is C21H20N2O4S2. The number of sulfonamides is 1. The molecule has 0 atom stereocenters. The van der Waals surface area contributed by atoms with Gasteiger partial charge >= 0.3 is 0 Å². The molecule has 0 aliphatic heterocycles. The lowest BCUT2D eigenvalue weighted by Crippen LogP contribution is -2.24. The van der Waals surface area contributed by atoms with E-state index in [-0.39, 0.29) is 22.1 Å². The summed E-state index contributed by atoms with van der Waals surface area (Å²) in [5.74, 6) is -0.623. The van der Waals surface area contributed by atoms with Crippen molar-refractivity contribution in [1.82, 2.24) is 9.62 Å². The largest absolute Gasteiger partial charge is 0.347 e. The van der Waals surface area contributed by atoms with Crippen molar-refractivity contribution in [2.24, 2.45) is 0 Å². The van der Waals surface area contributed by atoms with Crippen molar-refractivity contribution in [3.63, 3.8) is 0 Å². The molecule has 150 valence electrons. The Morgan fingerprint density at radius 3 is 2.17 bits per heavy atom. The van der Waals surface area contributed by atoms with Crippen LogP contribution in [0.5, 0.6) is 0 Å². The first-order chi connectivity index (χ1) is 13.8. The number of carbonyl (C=O) groups excluding carboxylic acids is 2. The minimum absolute atomic E-state index is 0.167. The van der Waals surface area contributed by atoms with Crippen LogP contribution in [0.1, 0.15) is 31.2 Å². The Balaban J connectivity index is 1.76. The van der Waals surface area contributed by atoms with Gasteiger partial charge in [0.25, 0.3) is 15.9 Å². The summed E-state index contributed by atoms with van der Waals surface area (Å²) < 4.78 is 25.7. The number of benzene rings is 2. The first-order valence-electron chi connectivity index (χ1n) is 8.79. The number of thiophene rings is 1. The first-order valence-corrected chi connectivity index (χ1v) is 11.0. The molecule has 29 heavy (non-hydrogen) atoms. The normalized spacial score (nSPS) is 11.4. The molecule has 1 N–H and O–H groups in total. The number of nitrogens with zero attached hydrogens (tertiary/aromatic N) is 1. The number of carbonyl (C=O) groups is 2. The Bertz CT molecular complexity index is 1140. The zero-order chi connectivity index (χ0) is 21.0. The third-order valence-corrected chi connectivity index (χ3v) is 7.62. The van der Waals surface area contributed by atoms with Gasteiger partial charge in [-0.2, -0.15) is 0 Å². The number of hydrogen-bond donors (Lipinski definition) is 1. The average Bonchev–Trinajstić information content (AvgIpc) is 3.22. The third-order valence-electron chi connectivity index (χ3n) is 4.25. The lowest BCUT2D eigenvalue weighted by atomic mass is 9.98. The van der Waals surface area contributed by atoms with Gasteiger partial charge in [-0.25, -0.2) is 12.7 Å². The molecule has 0 saturated heterocycles. The SMILES string of the molecule is CN(C)S(=O)(=O)c1ccc(CNC(=O)c2ccccc2C(=O)c2ccccc2)s1. The van der Waals surface area contributed by atoms with E-state index >= 15 is 0 Å². The molecule has 0 bridgehead atoms. The van der Waals surface area contributed by atoms with Crippen molar-refractivity contribution in [3.05, 3.63) is 88.3 Å². The van der Waals surface area contributed by atoms with Crippen LogP contribution in [0.4, 0.5) is 0 Å². The summed E-state index contributed by atoms with van der Waals surface area (Å²) in [6.07, 6.45) is 0. The molecule has 0 radical (unpaired) electrons. The van der Waals surface area contributed by atoms with E-state index in [1.807, 2.05) is 6.07 Å². The Morgan fingerprint density at radius 2 is 1.52 bits per heavy atom. The van der Waals surface area contributed by atoms with Crippen LogP contribution in [0.3, 0.4) is 0 Å². The van der Waals surface area contributed by atoms with Crippen LogP contribution in [-0.2, 0) is 16.6 Å². The van der Waals surface area contributed by atoms with Crippen LogP contribution in [0, 0.1) is 0 Å². The fourth-order valence-electron chi connectivity index (χ4n) is 2.66. The van der Waals surface area contributed by atoms with Crippen molar-refractivity contribution in [1.29, 1.82) is 0 Å². The third kappa shape index (κ3) is 4.61. The maximum atomic E-state index is 12.8. The molecule has 2 aromatic carbocycles. The van der Waals surface area contributed by atoms with E-state index < -0.39 is 15.9 Å². The quantitative estimate of drug-likeness (QED) is 0.586. The minimum Gasteiger partial charge on any atom is -0.347 e. The lowest BCUT2D eigenvalue weighted by molar-refractivity contribution is 0.0940. The van der Waals surface area contributed by atoms with E-state index in [1.54, 1.807) is 54.6 Å². The topological polar surface area (TPSA) is 83.6 Å². The average molecular weight is 429 g/mol. The second-order valence-corrected chi connectivity index (χ2v) is 9.98. The van der Waals surface area contributed by atoms with E-state index in [0.29, 0.717) is 16.0 Å². The molecule has 1 aromatic heterocycles. The molecule has 3 aromatic rings. The molecule has 1 heterocycles. The van der Waals surface area contributed by atoms with Gasteiger partial charge in [0.15, 0.2) is 5.78 Å². The van der Waals surface area contributed by atoms with E-state index in [1.165, 1.54) is 20.2 Å². The summed E-state index contributed by atoms with van der Waals surface area (Å²) in [5, 5.41) is 2.77. The number of amides is 1. The maximum Gasteiger partial charge on any atom is 0.252 e. The molecule has 6 nitrogen and oxygen atoms in total. The summed E-state index contributed by atoms with van der Waals surface area (Å²) in [5.41, 5.74) is 1.10. The Hall–Kier alpha value is -2.81. The zero-order valence-electron chi connectivity index (χ0n) is 16.0. The molecule has 0 unspecified atom stereocenters. The highest BCUT2D eigenvalue weighted by atomic mass is 32.2. The summed E-state index contributed by atoms with van der Waals surface area (Å²) >= 11 is 1.10. The predicted molar refractivity (Wildman–Crippen MR) is 113 cm³/mol. The minimum atomic E-state index is -3.50. The highest BCUT2D eigenvalue weighted by Crippen LogP contribution is 2.24. The second-order valence-electron chi connectivity index (χ2n) is 6.43. The molecule has 0 spiro atoms. The Kier molecular flexibility index (Phi) is 6.26. The highest BCUT2D eigenvalue weighted by molar-refractivity contribution is 7.91. The van der Waals surface area contributed by atoms with Crippen molar-refractivity contribution >= 4 is 33.1 Å². The van der Waals surface area contributed by atoms with Gasteiger partial charge in [-0.05, 0) is 18.2 Å². The van der Waals surface area contributed by atoms with E-state index in [2.05, 4.69) is 5.32 Å². The van der Waals surface area contributed by atoms with Gasteiger partial charge < -0.3 is 5.32 Å². The standard InChI is InChI=1S/C21H20N2O4S2/c1-23(2)29(26,27)19-13-12-16(28-19)14-22-21(25)18-11-7-6-10-17(18)20(24)15-8-4-3-5-9-15/h3-13H,14H2,1-2H3,(H,22,25). The van der Waals surface area contributed by atoms with Crippen LogP contribution >= 0.6 is 11.3 Å². The Morgan fingerprint density at radius 1 is 0.897 bits per heavy atom. The molecule has 8 heteroatoms. The van der Waals surface area contributed by atoms with Crippen molar-refractivity contribution in [2.75, 3.05) is 14.1 Å². The Labute approximate surface area is 173 Å². The molecule has 0 aliphatic carbocycles. The first kappa shape index (κ1) is 20.9. The van der Waals surface area contributed by atoms with E-state index in [4.69, 9.17) is 0 Å². The smallest absolute Gasteiger partial charge is 0.252 e. The fourth-order valence-corrected chi connectivity index (χ4v) is 5.12. The van der Waals surface area contributed by atoms with Crippen LogP contribution < -0.4 is 5.32 Å². The van der Waals surface area contributed by atoms with Gasteiger partial charge in [0.05, 0.1) is 12.1 Å². The lowest BCUT2D eigenvalue weighted by Gasteiger charge is -2.10. The fraction of sp³-hybridized carbons (Fsp3) is 0.143. The number of hydrogen-bond acceptors (Lipinski definition) is 5. The van der Waals surface area contributed by atoms with Gasteiger partial charge in [-0.1, -0.05) is 48.5 Å². The summed E-state index contributed by atoms with van der Waals surface area (Å²) in [6.45, 7) is 0.167. The summed E-state index contributed by atoms with van der Waals surface area (Å²) in [7, 11) is -0.562. The second kappa shape index (κ2) is 8.69. The zero-order valence-corrected chi connectivity index (χ0v) is 17.6. The molecule has 0 saturated carbocycles. The monoisotopic (exact) mass is 428 g/mol. The van der Waals surface area contributed by atoms with Gasteiger partial charge in [0.1, 0.15) is 4.21 Å². The van der Waals surface area contributed by atoms with Crippen LogP contribution in [0.15, 0.2) is 70.9 Å². The van der Waals surface area contributed by atoms with Gasteiger partial charge in [0, 0.05) is 30.1 Å². The van der Waals surface area contributed by atoms with Crippen molar-refractivity contribution < 1.29 is 18.0 Å². The van der Waals surface area contributed by atoms with Crippen molar-refractivity contribution in [3.8, 4) is 0 Å². The maximum absolute atomic E-state index is 12.8. The summed E-state index contributed by atoms with van der Waals surface area (Å²) in [4.78, 5) is 26.2. The predicted octanol–water partition coefficient (Wildman–Crippen LogP) is 3.16. The van der Waals surface area contributed by atoms with Crippen molar-refractivity contribution in [2.45, 2.75) is 10.8 Å². The number of nitrogens with one attached hydrogen (secondary N) is 1. The molecule has 3 rings (SSSR count). The molecule has 1 amide bonds. The number of ketones is 1. The summed E-state index contributed by atoms with van der Waals surface area (Å²) in [6, 6.07) is 18.6.